The van der Waals surface area contributed by atoms with Gasteiger partial charge in [0.25, 0.3) is 0 Å². The number of methoxy groups -OCH3 is 1. The standard InChI is InChI=1S/C28H28N2O5/c1-18(26(31)30-25(27(32)34-2)16-19-10-4-3-5-11-19)29-28(33)35-17-24-22-14-8-6-12-20(22)21-13-7-9-15-23(21)24/h3-15,18,24-25H,16-17H2,1-2H3,(H,29,33)(H,30,31)/t18-,25-/m0/s1. The van der Waals surface area contributed by atoms with Crippen molar-refractivity contribution in [2.24, 2.45) is 0 Å². The highest BCUT2D eigenvalue weighted by Crippen LogP contribution is 2.44. The summed E-state index contributed by atoms with van der Waals surface area (Å²) in [5.74, 6) is -1.15. The third kappa shape index (κ3) is 5.51. The van der Waals surface area contributed by atoms with E-state index < -0.39 is 30.1 Å². The smallest absolute Gasteiger partial charge is 0.407 e. The number of ether oxygens (including phenoxy) is 2. The molecule has 0 saturated carbocycles. The average molecular weight is 473 g/mol. The van der Waals surface area contributed by atoms with Crippen molar-refractivity contribution in [1.29, 1.82) is 0 Å². The first kappa shape index (κ1) is 24.0. The third-order valence-electron chi connectivity index (χ3n) is 6.16. The van der Waals surface area contributed by atoms with Crippen LogP contribution in [0.25, 0.3) is 11.1 Å². The van der Waals surface area contributed by atoms with E-state index in [1.807, 2.05) is 66.7 Å². The molecule has 1 aliphatic carbocycles. The Hall–Kier alpha value is -4.13. The number of hydrogen-bond donors (Lipinski definition) is 2. The van der Waals surface area contributed by atoms with Gasteiger partial charge < -0.3 is 20.1 Å². The van der Waals surface area contributed by atoms with Crippen molar-refractivity contribution in [1.82, 2.24) is 10.6 Å². The maximum Gasteiger partial charge on any atom is 0.407 e. The van der Waals surface area contributed by atoms with Crippen LogP contribution in [-0.4, -0.2) is 43.8 Å². The molecular formula is C28H28N2O5. The molecule has 2 N–H and O–H groups in total. The molecule has 0 spiro atoms. The van der Waals surface area contributed by atoms with Crippen LogP contribution in [0.1, 0.15) is 29.5 Å². The minimum absolute atomic E-state index is 0.0770. The van der Waals surface area contributed by atoms with E-state index in [1.54, 1.807) is 0 Å². The molecule has 0 unspecified atom stereocenters. The summed E-state index contributed by atoms with van der Waals surface area (Å²) < 4.78 is 10.3. The van der Waals surface area contributed by atoms with Crippen LogP contribution in [0.15, 0.2) is 78.9 Å². The molecule has 0 saturated heterocycles. The summed E-state index contributed by atoms with van der Waals surface area (Å²) in [5.41, 5.74) is 5.36. The molecule has 0 bridgehead atoms. The lowest BCUT2D eigenvalue weighted by atomic mass is 9.98. The first-order valence-corrected chi connectivity index (χ1v) is 11.5. The van der Waals surface area contributed by atoms with Gasteiger partial charge in [0.2, 0.25) is 5.91 Å². The number of esters is 1. The summed E-state index contributed by atoms with van der Waals surface area (Å²) >= 11 is 0. The Bertz CT molecular complexity index is 1170. The van der Waals surface area contributed by atoms with E-state index in [9.17, 15) is 14.4 Å². The van der Waals surface area contributed by atoms with Crippen LogP contribution >= 0.6 is 0 Å². The van der Waals surface area contributed by atoms with Gasteiger partial charge in [-0.1, -0.05) is 78.9 Å². The molecule has 2 atom stereocenters. The number of benzene rings is 3. The molecule has 180 valence electrons. The maximum atomic E-state index is 12.7. The summed E-state index contributed by atoms with van der Waals surface area (Å²) in [6.45, 7) is 1.68. The summed E-state index contributed by atoms with van der Waals surface area (Å²) in [6, 6.07) is 23.6. The quantitative estimate of drug-likeness (QED) is 0.486. The van der Waals surface area contributed by atoms with Gasteiger partial charge in [-0.25, -0.2) is 9.59 Å². The zero-order valence-corrected chi connectivity index (χ0v) is 19.7. The molecule has 7 nitrogen and oxygen atoms in total. The molecule has 2 amide bonds. The predicted molar refractivity (Wildman–Crippen MR) is 132 cm³/mol. The molecule has 0 radical (unpaired) electrons. The zero-order valence-electron chi connectivity index (χ0n) is 19.7. The number of rotatable bonds is 8. The van der Waals surface area contributed by atoms with Gasteiger partial charge in [0.1, 0.15) is 18.7 Å². The first-order valence-electron chi connectivity index (χ1n) is 11.5. The largest absolute Gasteiger partial charge is 0.467 e. The minimum atomic E-state index is -0.909. The SMILES string of the molecule is COC(=O)[C@H](Cc1ccccc1)NC(=O)[C@H](C)NC(=O)OCC1c2ccccc2-c2ccccc21. The van der Waals surface area contributed by atoms with Crippen LogP contribution < -0.4 is 10.6 Å². The number of hydrogen-bond acceptors (Lipinski definition) is 5. The number of carbonyl (C=O) groups is 3. The Morgan fingerprint density at radius 1 is 0.829 bits per heavy atom. The lowest BCUT2D eigenvalue weighted by molar-refractivity contribution is -0.145. The molecule has 4 rings (SSSR count). The topological polar surface area (TPSA) is 93.7 Å². The molecular weight excluding hydrogens is 444 g/mol. The lowest BCUT2D eigenvalue weighted by Gasteiger charge is -2.20. The second-order valence-corrected chi connectivity index (χ2v) is 8.47. The fraction of sp³-hybridized carbons (Fsp3) is 0.250. The average Bonchev–Trinajstić information content (AvgIpc) is 3.20. The van der Waals surface area contributed by atoms with Crippen molar-refractivity contribution in [2.75, 3.05) is 13.7 Å². The third-order valence-corrected chi connectivity index (χ3v) is 6.16. The molecule has 3 aromatic rings. The molecule has 7 heteroatoms. The molecule has 1 aliphatic rings. The van der Waals surface area contributed by atoms with Crippen LogP contribution in [0.4, 0.5) is 4.79 Å². The molecule has 0 heterocycles. The Labute approximate surface area is 204 Å². The first-order chi connectivity index (χ1) is 17.0. The monoisotopic (exact) mass is 472 g/mol. The Morgan fingerprint density at radius 3 is 2.00 bits per heavy atom. The van der Waals surface area contributed by atoms with Gasteiger partial charge in [-0.3, -0.25) is 4.79 Å². The second-order valence-electron chi connectivity index (χ2n) is 8.47. The Balaban J connectivity index is 1.34. The Morgan fingerprint density at radius 2 is 1.40 bits per heavy atom. The summed E-state index contributed by atoms with van der Waals surface area (Å²) in [7, 11) is 1.27. The van der Waals surface area contributed by atoms with Gasteiger partial charge in [-0.2, -0.15) is 0 Å². The van der Waals surface area contributed by atoms with Crippen molar-refractivity contribution in [2.45, 2.75) is 31.3 Å². The van der Waals surface area contributed by atoms with Crippen LogP contribution in [0, 0.1) is 0 Å². The number of nitrogens with one attached hydrogen (secondary N) is 2. The van der Waals surface area contributed by atoms with Gasteiger partial charge in [0, 0.05) is 12.3 Å². The van der Waals surface area contributed by atoms with E-state index in [0.717, 1.165) is 27.8 Å². The minimum Gasteiger partial charge on any atom is -0.467 e. The second kappa shape index (κ2) is 10.9. The molecule has 0 aliphatic heterocycles. The van der Waals surface area contributed by atoms with Crippen LogP contribution in [-0.2, 0) is 25.5 Å². The van der Waals surface area contributed by atoms with Gasteiger partial charge in [0.15, 0.2) is 0 Å². The lowest BCUT2D eigenvalue weighted by Crippen LogP contribution is -2.51. The van der Waals surface area contributed by atoms with E-state index in [-0.39, 0.29) is 18.9 Å². The van der Waals surface area contributed by atoms with E-state index in [2.05, 4.69) is 22.8 Å². The highest BCUT2D eigenvalue weighted by molar-refractivity contribution is 5.89. The highest BCUT2D eigenvalue weighted by atomic mass is 16.5. The number of carbonyl (C=O) groups excluding carboxylic acids is 3. The van der Waals surface area contributed by atoms with Crippen molar-refractivity contribution >= 4 is 18.0 Å². The normalized spacial score (nSPS) is 13.7. The van der Waals surface area contributed by atoms with E-state index in [4.69, 9.17) is 9.47 Å². The van der Waals surface area contributed by atoms with Crippen molar-refractivity contribution in [3.63, 3.8) is 0 Å². The Kier molecular flexibility index (Phi) is 7.45. The van der Waals surface area contributed by atoms with E-state index in [1.165, 1.54) is 14.0 Å². The number of fused-ring (bicyclic) bond motifs is 3. The number of alkyl carbamates (subject to hydrolysis) is 1. The van der Waals surface area contributed by atoms with Crippen molar-refractivity contribution in [3.8, 4) is 11.1 Å². The van der Waals surface area contributed by atoms with E-state index in [0.29, 0.717) is 0 Å². The predicted octanol–water partition coefficient (Wildman–Crippen LogP) is 3.81. The maximum absolute atomic E-state index is 12.7. The van der Waals surface area contributed by atoms with Crippen LogP contribution in [0.2, 0.25) is 0 Å². The highest BCUT2D eigenvalue weighted by Gasteiger charge is 2.30. The summed E-state index contributed by atoms with van der Waals surface area (Å²) in [5, 5.41) is 5.21. The molecule has 0 aromatic heterocycles. The van der Waals surface area contributed by atoms with Crippen molar-refractivity contribution < 1.29 is 23.9 Å². The molecule has 35 heavy (non-hydrogen) atoms. The van der Waals surface area contributed by atoms with Gasteiger partial charge in [0.05, 0.1) is 7.11 Å². The molecule has 0 fully saturated rings. The fourth-order valence-corrected chi connectivity index (χ4v) is 4.36. The van der Waals surface area contributed by atoms with Gasteiger partial charge in [-0.05, 0) is 34.7 Å². The zero-order chi connectivity index (χ0) is 24.8. The van der Waals surface area contributed by atoms with Gasteiger partial charge in [-0.15, -0.1) is 0 Å². The summed E-state index contributed by atoms with van der Waals surface area (Å²) in [4.78, 5) is 37.4. The fourth-order valence-electron chi connectivity index (χ4n) is 4.36. The van der Waals surface area contributed by atoms with Crippen LogP contribution in [0.5, 0.6) is 0 Å². The molecule has 3 aromatic carbocycles. The van der Waals surface area contributed by atoms with Gasteiger partial charge >= 0.3 is 12.1 Å². The summed E-state index contributed by atoms with van der Waals surface area (Å²) in [6.07, 6.45) is -0.427. The van der Waals surface area contributed by atoms with Crippen LogP contribution in [0.3, 0.4) is 0 Å². The van der Waals surface area contributed by atoms with Crippen molar-refractivity contribution in [3.05, 3.63) is 95.6 Å². The number of amides is 2. The van der Waals surface area contributed by atoms with E-state index >= 15 is 0 Å².